The van der Waals surface area contributed by atoms with Crippen LogP contribution in [-0.2, 0) is 0 Å². The van der Waals surface area contributed by atoms with Crippen LogP contribution in [0.4, 0.5) is 0 Å². The van der Waals surface area contributed by atoms with Gasteiger partial charge in [-0.25, -0.2) is 0 Å². The predicted octanol–water partition coefficient (Wildman–Crippen LogP) is 13.9. The molecule has 0 radical (unpaired) electrons. The molecular formula is C45H78. The number of hydrogen-bond donors (Lipinski definition) is 0. The molecule has 13 saturated carbocycles. The Morgan fingerprint density at radius 3 is 1.16 bits per heavy atom. The molecule has 13 fully saturated rings. The Bertz CT molecular complexity index is 862. The molecule has 0 heteroatoms. The van der Waals surface area contributed by atoms with E-state index in [1.165, 1.54) is 57.8 Å². The van der Waals surface area contributed by atoms with Gasteiger partial charge in [-0.1, -0.05) is 73.1 Å². The van der Waals surface area contributed by atoms with Crippen molar-refractivity contribution in [2.75, 3.05) is 0 Å². The summed E-state index contributed by atoms with van der Waals surface area (Å²) in [5.41, 5.74) is 1.61. The fourth-order valence-electron chi connectivity index (χ4n) is 15.1. The second kappa shape index (κ2) is 14.1. The molecule has 12 bridgehead atoms. The van der Waals surface area contributed by atoms with Crippen LogP contribution in [0.5, 0.6) is 0 Å². The van der Waals surface area contributed by atoms with E-state index >= 15 is 0 Å². The van der Waals surface area contributed by atoms with Gasteiger partial charge in [0.2, 0.25) is 0 Å². The summed E-state index contributed by atoms with van der Waals surface area (Å²) >= 11 is 0. The summed E-state index contributed by atoms with van der Waals surface area (Å²) in [6.45, 7) is 12.3. The number of hydrogen-bond acceptors (Lipinski definition) is 0. The van der Waals surface area contributed by atoms with Crippen molar-refractivity contribution in [1.82, 2.24) is 0 Å². The second-order valence-electron chi connectivity index (χ2n) is 21.4. The number of fused-ring (bicyclic) bond motifs is 4. The zero-order valence-corrected chi connectivity index (χ0v) is 31.2. The Hall–Kier alpha value is 0. The van der Waals surface area contributed by atoms with E-state index < -0.39 is 0 Å². The average Bonchev–Trinajstić information content (AvgIpc) is 3.78. The fraction of sp³-hybridized carbons (Fsp3) is 1.00. The highest BCUT2D eigenvalue weighted by Crippen LogP contribution is 2.60. The van der Waals surface area contributed by atoms with Gasteiger partial charge in [-0.05, 0) is 210 Å². The maximum Gasteiger partial charge on any atom is -0.0318 e. The third kappa shape index (κ3) is 8.25. The van der Waals surface area contributed by atoms with Gasteiger partial charge in [0.05, 0.1) is 0 Å². The first-order valence-corrected chi connectivity index (χ1v) is 21.6. The van der Waals surface area contributed by atoms with Gasteiger partial charge in [0, 0.05) is 0 Å². The van der Waals surface area contributed by atoms with E-state index in [-0.39, 0.29) is 0 Å². The summed E-state index contributed by atoms with van der Waals surface area (Å²) in [4.78, 5) is 0. The quantitative estimate of drug-likeness (QED) is 0.253. The lowest BCUT2D eigenvalue weighted by Gasteiger charge is -2.55. The van der Waals surface area contributed by atoms with Crippen molar-refractivity contribution in [3.63, 3.8) is 0 Å². The first kappa shape index (κ1) is 33.5. The van der Waals surface area contributed by atoms with Crippen molar-refractivity contribution >= 4 is 0 Å². The van der Waals surface area contributed by atoms with Gasteiger partial charge < -0.3 is 0 Å². The molecule has 13 aliphatic rings. The van der Waals surface area contributed by atoms with Crippen LogP contribution in [0.1, 0.15) is 195 Å². The molecule has 258 valence electrons. The van der Waals surface area contributed by atoms with Crippen LogP contribution < -0.4 is 0 Å². The fourth-order valence-corrected chi connectivity index (χ4v) is 15.1. The molecule has 13 rings (SSSR count). The summed E-state index contributed by atoms with van der Waals surface area (Å²) in [7, 11) is 0. The molecule has 0 amide bonds. The monoisotopic (exact) mass is 619 g/mol. The van der Waals surface area contributed by atoms with Gasteiger partial charge in [0.15, 0.2) is 0 Å². The summed E-state index contributed by atoms with van der Waals surface area (Å²) in [6, 6.07) is 0. The summed E-state index contributed by atoms with van der Waals surface area (Å²) in [5.74, 6) is 14.7. The van der Waals surface area contributed by atoms with Gasteiger partial charge >= 0.3 is 0 Å². The van der Waals surface area contributed by atoms with Gasteiger partial charge in [-0.2, -0.15) is 0 Å². The van der Waals surface area contributed by atoms with Crippen molar-refractivity contribution < 1.29 is 0 Å². The summed E-state index contributed by atoms with van der Waals surface area (Å²) in [6.07, 6.45) is 38.8. The molecule has 0 aromatic carbocycles. The van der Waals surface area contributed by atoms with Crippen LogP contribution in [-0.4, -0.2) is 0 Å². The van der Waals surface area contributed by atoms with Crippen LogP contribution in [0.3, 0.4) is 0 Å². The zero-order chi connectivity index (χ0) is 31.2. The highest BCUT2D eigenvalue weighted by molar-refractivity contribution is 4.99. The zero-order valence-electron chi connectivity index (χ0n) is 31.2. The summed E-state index contributed by atoms with van der Waals surface area (Å²) < 4.78 is 0. The normalized spacial score (nSPS) is 52.2. The molecule has 0 nitrogen and oxygen atoms in total. The first-order valence-electron chi connectivity index (χ1n) is 21.6. The number of rotatable bonds is 0. The van der Waals surface area contributed by atoms with E-state index in [4.69, 9.17) is 0 Å². The highest BCUT2D eigenvalue weighted by Gasteiger charge is 2.48. The van der Waals surface area contributed by atoms with Crippen LogP contribution in [0.2, 0.25) is 0 Å². The highest BCUT2D eigenvalue weighted by atomic mass is 14.5. The smallest absolute Gasteiger partial charge is 0.0318 e. The molecule has 0 aromatic rings. The second-order valence-corrected chi connectivity index (χ2v) is 21.4. The Balaban J connectivity index is 0.0000000915. The molecule has 0 aliphatic heterocycles. The van der Waals surface area contributed by atoms with Crippen molar-refractivity contribution in [2.45, 2.75) is 195 Å². The minimum absolute atomic E-state index is 0.800. The Morgan fingerprint density at radius 2 is 0.867 bits per heavy atom. The maximum absolute atomic E-state index is 2.54. The van der Waals surface area contributed by atoms with E-state index in [0.717, 1.165) is 87.8 Å². The molecular weight excluding hydrogens is 540 g/mol. The molecule has 0 N–H and O–H groups in total. The first-order chi connectivity index (χ1) is 21.6. The third-order valence-electron chi connectivity index (χ3n) is 17.1. The minimum atomic E-state index is 0.800. The van der Waals surface area contributed by atoms with Gasteiger partial charge in [0.1, 0.15) is 0 Å². The van der Waals surface area contributed by atoms with Crippen molar-refractivity contribution in [3.8, 4) is 0 Å². The molecule has 2 unspecified atom stereocenters. The van der Waals surface area contributed by atoms with E-state index in [1.54, 1.807) is 103 Å². The molecule has 13 aliphatic carbocycles. The van der Waals surface area contributed by atoms with Crippen LogP contribution in [0, 0.1) is 87.8 Å². The lowest BCUT2D eigenvalue weighted by Crippen LogP contribution is -2.44. The maximum atomic E-state index is 2.54. The molecule has 3 atom stereocenters. The van der Waals surface area contributed by atoms with E-state index in [2.05, 4.69) is 34.6 Å². The van der Waals surface area contributed by atoms with Crippen LogP contribution >= 0.6 is 0 Å². The van der Waals surface area contributed by atoms with E-state index in [1.807, 2.05) is 0 Å². The largest absolute Gasteiger partial charge is 0.0625 e. The standard InChI is InChI=1S/2C11H18.2C8H14.C7H14/c1-11-5-8-2-9(6-11)4-10(3-8)7-11;1-7-10-3-8-2-9(5-10)6-11(7)4-8;1-8-4-2-7(6-8)3-5-8;1-6-4-7-2-3-8(6)5-7;1-7-5-3-2-4-6-7/h8-10H,2-7H2,1H3;7-11H,2-6H2,1H3;7H,2-6H2,1H3;6-8H,2-5H2,1H3;7H,2-6H2,1H3/t;;;6-,7?,8?;/m...1./s1. The Labute approximate surface area is 282 Å². The molecule has 0 spiro atoms. The van der Waals surface area contributed by atoms with Crippen LogP contribution in [0.15, 0.2) is 0 Å². The molecule has 0 saturated heterocycles. The van der Waals surface area contributed by atoms with Gasteiger partial charge in [0.25, 0.3) is 0 Å². The van der Waals surface area contributed by atoms with Crippen molar-refractivity contribution in [1.29, 1.82) is 0 Å². The Kier molecular flexibility index (Phi) is 10.5. The van der Waals surface area contributed by atoms with Crippen LogP contribution in [0.25, 0.3) is 0 Å². The predicted molar refractivity (Wildman–Crippen MR) is 194 cm³/mol. The van der Waals surface area contributed by atoms with Gasteiger partial charge in [-0.15, -0.1) is 0 Å². The van der Waals surface area contributed by atoms with E-state index in [0.29, 0.717) is 0 Å². The SMILES string of the molecule is CC12CC3CC(CC(C3)C1)C2.CC12CCC(CC1)C2.CC1C2CC3CC(C2)CC1C3.CC1CCCCC1.C[C@@H]1CC2CCC1C2. The van der Waals surface area contributed by atoms with Gasteiger partial charge in [-0.3, -0.25) is 0 Å². The topological polar surface area (TPSA) is 0 Å². The Morgan fingerprint density at radius 1 is 0.378 bits per heavy atom. The molecule has 0 aromatic heterocycles. The van der Waals surface area contributed by atoms with E-state index in [9.17, 15) is 0 Å². The lowest BCUT2D eigenvalue weighted by molar-refractivity contribution is -0.0411. The minimum Gasteiger partial charge on any atom is -0.0625 e. The van der Waals surface area contributed by atoms with Crippen molar-refractivity contribution in [2.24, 2.45) is 87.8 Å². The van der Waals surface area contributed by atoms with Crippen molar-refractivity contribution in [3.05, 3.63) is 0 Å². The lowest BCUT2D eigenvalue weighted by atomic mass is 9.50. The third-order valence-corrected chi connectivity index (χ3v) is 17.1. The molecule has 45 heavy (non-hydrogen) atoms. The summed E-state index contributed by atoms with van der Waals surface area (Å²) in [5, 5.41) is 0. The average molecular weight is 619 g/mol. The molecule has 0 heterocycles.